The van der Waals surface area contributed by atoms with Gasteiger partial charge in [0.15, 0.2) is 5.16 Å². The highest BCUT2D eigenvalue weighted by molar-refractivity contribution is 7.99. The van der Waals surface area contributed by atoms with Gasteiger partial charge in [-0.25, -0.2) is 0 Å². The molecule has 0 spiro atoms. The lowest BCUT2D eigenvalue weighted by molar-refractivity contribution is -0.118. The molecule has 7 heteroatoms. The molecule has 1 amide bonds. The minimum absolute atomic E-state index is 0.0249. The number of thiophene rings is 1. The fraction of sp³-hybridized carbons (Fsp3) is 0.409. The molecule has 0 saturated heterocycles. The van der Waals surface area contributed by atoms with Crippen LogP contribution in [0.1, 0.15) is 54.4 Å². The smallest absolute Gasteiger partial charge is 0.230 e. The minimum atomic E-state index is 0.0249. The predicted octanol–water partition coefficient (Wildman–Crippen LogP) is 4.84. The Balaban J connectivity index is 1.41. The predicted molar refractivity (Wildman–Crippen MR) is 118 cm³/mol. The summed E-state index contributed by atoms with van der Waals surface area (Å²) in [5, 5.41) is 14.9. The molecule has 1 aromatic carbocycles. The summed E-state index contributed by atoms with van der Waals surface area (Å²) in [5.41, 5.74) is 1.11. The van der Waals surface area contributed by atoms with Crippen LogP contribution in [0.2, 0.25) is 0 Å². The van der Waals surface area contributed by atoms with Gasteiger partial charge in [-0.2, -0.15) is 0 Å². The molecule has 3 aromatic rings. The maximum atomic E-state index is 12.4. The van der Waals surface area contributed by atoms with Gasteiger partial charge in [0, 0.05) is 23.9 Å². The van der Waals surface area contributed by atoms with E-state index in [0.29, 0.717) is 18.3 Å². The van der Waals surface area contributed by atoms with Crippen LogP contribution in [0.3, 0.4) is 0 Å². The number of thioether (sulfide) groups is 1. The van der Waals surface area contributed by atoms with E-state index in [1.807, 2.05) is 30.3 Å². The van der Waals surface area contributed by atoms with Gasteiger partial charge in [-0.15, -0.1) is 21.5 Å². The highest BCUT2D eigenvalue weighted by atomic mass is 32.2. The second kappa shape index (κ2) is 10.1. The first kappa shape index (κ1) is 20.2. The summed E-state index contributed by atoms with van der Waals surface area (Å²) >= 11 is 3.25. The first-order chi connectivity index (χ1) is 14.3. The molecule has 1 aliphatic rings. The lowest BCUT2D eigenvalue weighted by Gasteiger charge is -2.25. The van der Waals surface area contributed by atoms with E-state index in [9.17, 15) is 4.79 Å². The number of benzene rings is 1. The van der Waals surface area contributed by atoms with Gasteiger partial charge in [-0.05, 0) is 29.9 Å². The molecular formula is C22H26N4OS2. The molecule has 1 N–H and O–H groups in total. The Hall–Kier alpha value is -2.12. The summed E-state index contributed by atoms with van der Waals surface area (Å²) in [6.07, 6.45) is 6.96. The van der Waals surface area contributed by atoms with Crippen molar-refractivity contribution in [2.75, 3.05) is 5.75 Å². The summed E-state index contributed by atoms with van der Waals surface area (Å²) < 4.78 is 2.31. The van der Waals surface area contributed by atoms with Crippen LogP contribution < -0.4 is 5.32 Å². The lowest BCUT2D eigenvalue weighted by atomic mass is 9.95. The van der Waals surface area contributed by atoms with Crippen LogP contribution >= 0.6 is 23.1 Å². The van der Waals surface area contributed by atoms with Gasteiger partial charge >= 0.3 is 0 Å². The summed E-state index contributed by atoms with van der Waals surface area (Å²) in [5.74, 6) is 1.40. The molecule has 1 aliphatic carbocycles. The second-order valence-corrected chi connectivity index (χ2v) is 9.34. The number of nitrogens with zero attached hydrogens (tertiary/aromatic N) is 3. The Morgan fingerprint density at radius 3 is 2.69 bits per heavy atom. The van der Waals surface area contributed by atoms with Crippen LogP contribution in [-0.4, -0.2) is 26.4 Å². The van der Waals surface area contributed by atoms with Crippen molar-refractivity contribution in [2.24, 2.45) is 0 Å². The Morgan fingerprint density at radius 2 is 1.93 bits per heavy atom. The average Bonchev–Trinajstić information content (AvgIpc) is 3.42. The number of carbonyl (C=O) groups is 1. The molecule has 1 saturated carbocycles. The molecule has 5 nitrogen and oxygen atoms in total. The summed E-state index contributed by atoms with van der Waals surface area (Å²) in [6, 6.07) is 14.7. The van der Waals surface area contributed by atoms with Gasteiger partial charge in [0.2, 0.25) is 5.91 Å². The summed E-state index contributed by atoms with van der Waals surface area (Å²) in [4.78, 5) is 13.7. The van der Waals surface area contributed by atoms with Crippen LogP contribution in [0.25, 0.3) is 0 Å². The molecule has 1 fully saturated rings. The molecule has 29 heavy (non-hydrogen) atoms. The van der Waals surface area contributed by atoms with E-state index in [1.54, 1.807) is 11.3 Å². The van der Waals surface area contributed by atoms with Crippen molar-refractivity contribution >= 4 is 29.0 Å². The third-order valence-electron chi connectivity index (χ3n) is 5.25. The van der Waals surface area contributed by atoms with Crippen molar-refractivity contribution in [3.8, 4) is 0 Å². The lowest BCUT2D eigenvalue weighted by Crippen LogP contribution is -2.25. The van der Waals surface area contributed by atoms with Crippen LogP contribution in [-0.2, 0) is 17.8 Å². The molecule has 0 radical (unpaired) electrons. The summed E-state index contributed by atoms with van der Waals surface area (Å²) in [6.45, 7) is 0.555. The van der Waals surface area contributed by atoms with Crippen LogP contribution in [0, 0.1) is 0 Å². The molecule has 0 atom stereocenters. The van der Waals surface area contributed by atoms with Gasteiger partial charge in [0.1, 0.15) is 5.82 Å². The monoisotopic (exact) mass is 426 g/mol. The third kappa shape index (κ3) is 5.48. The topological polar surface area (TPSA) is 59.8 Å². The van der Waals surface area contributed by atoms with Crippen molar-refractivity contribution in [3.63, 3.8) is 0 Å². The molecule has 0 bridgehead atoms. The van der Waals surface area contributed by atoms with Gasteiger partial charge in [0.05, 0.1) is 5.75 Å². The van der Waals surface area contributed by atoms with Crippen molar-refractivity contribution in [1.82, 2.24) is 20.1 Å². The van der Waals surface area contributed by atoms with Crippen LogP contribution in [0.4, 0.5) is 0 Å². The van der Waals surface area contributed by atoms with E-state index in [-0.39, 0.29) is 5.91 Å². The summed E-state index contributed by atoms with van der Waals surface area (Å²) in [7, 11) is 0. The molecule has 4 rings (SSSR count). The number of rotatable bonds is 8. The van der Waals surface area contributed by atoms with Gasteiger partial charge in [0.25, 0.3) is 0 Å². The zero-order chi connectivity index (χ0) is 19.9. The maximum absolute atomic E-state index is 12.4. The number of aromatic nitrogens is 3. The van der Waals surface area contributed by atoms with E-state index in [1.165, 1.54) is 48.7 Å². The highest BCUT2D eigenvalue weighted by Crippen LogP contribution is 2.33. The normalized spacial score (nSPS) is 14.8. The average molecular weight is 427 g/mol. The van der Waals surface area contributed by atoms with Gasteiger partial charge < -0.3 is 9.88 Å². The van der Waals surface area contributed by atoms with Crippen molar-refractivity contribution < 1.29 is 4.79 Å². The van der Waals surface area contributed by atoms with E-state index in [0.717, 1.165) is 23.0 Å². The number of amides is 1. The van der Waals surface area contributed by atoms with Crippen molar-refractivity contribution in [1.29, 1.82) is 0 Å². The SMILES string of the molecule is O=C(CSc1nnc(Cc2cccs2)n1C1CCCCC1)NCc1ccccc1. The van der Waals surface area contributed by atoms with E-state index in [4.69, 9.17) is 0 Å². The molecule has 2 heterocycles. The molecule has 2 aromatic heterocycles. The van der Waals surface area contributed by atoms with E-state index < -0.39 is 0 Å². The second-order valence-electron chi connectivity index (χ2n) is 7.37. The first-order valence-electron chi connectivity index (χ1n) is 10.2. The fourth-order valence-corrected chi connectivity index (χ4v) is 5.33. The van der Waals surface area contributed by atoms with Gasteiger partial charge in [-0.1, -0.05) is 67.4 Å². The quantitative estimate of drug-likeness (QED) is 0.524. The zero-order valence-electron chi connectivity index (χ0n) is 16.4. The van der Waals surface area contributed by atoms with Crippen LogP contribution in [0.15, 0.2) is 53.0 Å². The standard InChI is InChI=1S/C22H26N4OS2/c27-21(23-15-17-8-3-1-4-9-17)16-29-22-25-24-20(14-19-12-7-13-28-19)26(22)18-10-5-2-6-11-18/h1,3-4,7-9,12-13,18H,2,5-6,10-11,14-16H2,(H,23,27). The van der Waals surface area contributed by atoms with Gasteiger partial charge in [-0.3, -0.25) is 4.79 Å². The van der Waals surface area contributed by atoms with Crippen molar-refractivity contribution in [3.05, 3.63) is 64.1 Å². The van der Waals surface area contributed by atoms with Crippen molar-refractivity contribution in [2.45, 2.75) is 56.3 Å². The third-order valence-corrected chi connectivity index (χ3v) is 7.07. The number of hydrogen-bond donors (Lipinski definition) is 1. The number of nitrogens with one attached hydrogen (secondary N) is 1. The molecule has 152 valence electrons. The molecule has 0 aliphatic heterocycles. The number of hydrogen-bond acceptors (Lipinski definition) is 5. The first-order valence-corrected chi connectivity index (χ1v) is 12.1. The Morgan fingerprint density at radius 1 is 1.10 bits per heavy atom. The fourth-order valence-electron chi connectivity index (χ4n) is 3.78. The number of carbonyl (C=O) groups excluding carboxylic acids is 1. The molecular weight excluding hydrogens is 400 g/mol. The molecule has 0 unspecified atom stereocenters. The van der Waals surface area contributed by atoms with Crippen LogP contribution in [0.5, 0.6) is 0 Å². The largest absolute Gasteiger partial charge is 0.351 e. The van der Waals surface area contributed by atoms with E-state index >= 15 is 0 Å². The highest BCUT2D eigenvalue weighted by Gasteiger charge is 2.23. The Labute approximate surface area is 179 Å². The van der Waals surface area contributed by atoms with E-state index in [2.05, 4.69) is 37.6 Å². The minimum Gasteiger partial charge on any atom is -0.351 e. The Kier molecular flexibility index (Phi) is 7.00. The Bertz CT molecular complexity index is 902. The maximum Gasteiger partial charge on any atom is 0.230 e. The zero-order valence-corrected chi connectivity index (χ0v) is 18.1.